The van der Waals surface area contributed by atoms with Gasteiger partial charge in [0, 0.05) is 5.69 Å². The van der Waals surface area contributed by atoms with Crippen molar-refractivity contribution in [1.29, 1.82) is 0 Å². The topological polar surface area (TPSA) is 43.6 Å². The molecule has 0 fully saturated rings. The van der Waals surface area contributed by atoms with Crippen LogP contribution in [0.5, 0.6) is 0 Å². The molecule has 0 unspecified atom stereocenters. The van der Waals surface area contributed by atoms with Crippen LogP contribution in [-0.2, 0) is 12.8 Å². The van der Waals surface area contributed by atoms with Crippen molar-refractivity contribution in [3.63, 3.8) is 0 Å². The summed E-state index contributed by atoms with van der Waals surface area (Å²) in [5, 5.41) is 12.8. The highest BCUT2D eigenvalue weighted by atomic mass is 35.5. The molecule has 0 bridgehead atoms. The zero-order chi connectivity index (χ0) is 11.1. The first-order valence-corrected chi connectivity index (χ1v) is 5.70. The summed E-state index contributed by atoms with van der Waals surface area (Å²) in [5.41, 5.74) is 3.75. The van der Waals surface area contributed by atoms with Gasteiger partial charge in [-0.05, 0) is 43.9 Å². The lowest BCUT2D eigenvalue weighted by Gasteiger charge is -2.02. The fourth-order valence-electron chi connectivity index (χ4n) is 2.23. The van der Waals surface area contributed by atoms with Crippen molar-refractivity contribution in [2.45, 2.75) is 26.2 Å². The predicted octanol–water partition coefficient (Wildman–Crippen LogP) is 2.11. The molecular formula is C11H11ClN4. The minimum absolute atomic E-state index is 0.407. The van der Waals surface area contributed by atoms with Crippen LogP contribution in [0.25, 0.3) is 5.82 Å². The largest absolute Gasteiger partial charge is 0.217 e. The van der Waals surface area contributed by atoms with Gasteiger partial charge in [-0.1, -0.05) is 11.6 Å². The summed E-state index contributed by atoms with van der Waals surface area (Å²) in [6.07, 6.45) is 3.40. The minimum atomic E-state index is 0.407. The van der Waals surface area contributed by atoms with Crippen LogP contribution in [0.1, 0.15) is 23.4 Å². The van der Waals surface area contributed by atoms with E-state index in [4.69, 9.17) is 11.6 Å². The SMILES string of the molecule is Cc1nn(-c2ccc(Cl)nn2)c2c1CCC2. The average molecular weight is 235 g/mol. The zero-order valence-electron chi connectivity index (χ0n) is 8.94. The summed E-state index contributed by atoms with van der Waals surface area (Å²) < 4.78 is 1.89. The summed E-state index contributed by atoms with van der Waals surface area (Å²) >= 11 is 5.72. The van der Waals surface area contributed by atoms with E-state index in [9.17, 15) is 0 Å². The van der Waals surface area contributed by atoms with E-state index in [-0.39, 0.29) is 0 Å². The van der Waals surface area contributed by atoms with E-state index in [2.05, 4.69) is 15.3 Å². The van der Waals surface area contributed by atoms with E-state index in [0.29, 0.717) is 5.15 Å². The first-order valence-electron chi connectivity index (χ1n) is 5.32. The molecule has 3 rings (SSSR count). The third kappa shape index (κ3) is 1.41. The van der Waals surface area contributed by atoms with Gasteiger partial charge in [0.15, 0.2) is 11.0 Å². The molecular weight excluding hydrogens is 224 g/mol. The summed E-state index contributed by atoms with van der Waals surface area (Å²) in [4.78, 5) is 0. The minimum Gasteiger partial charge on any atom is -0.217 e. The number of fused-ring (bicyclic) bond motifs is 1. The molecule has 0 N–H and O–H groups in total. The Morgan fingerprint density at radius 2 is 2.12 bits per heavy atom. The number of halogens is 1. The number of aryl methyl sites for hydroxylation is 1. The van der Waals surface area contributed by atoms with Gasteiger partial charge < -0.3 is 0 Å². The van der Waals surface area contributed by atoms with Gasteiger partial charge in [-0.3, -0.25) is 0 Å². The molecule has 0 aromatic carbocycles. The highest BCUT2D eigenvalue weighted by Gasteiger charge is 2.21. The predicted molar refractivity (Wildman–Crippen MR) is 60.9 cm³/mol. The molecule has 0 saturated heterocycles. The van der Waals surface area contributed by atoms with Crippen molar-refractivity contribution in [3.8, 4) is 5.82 Å². The Kier molecular flexibility index (Phi) is 2.17. The fourth-order valence-corrected chi connectivity index (χ4v) is 2.33. The van der Waals surface area contributed by atoms with Gasteiger partial charge >= 0.3 is 0 Å². The number of rotatable bonds is 1. The number of nitrogens with zero attached hydrogens (tertiary/aromatic N) is 4. The normalized spacial score (nSPS) is 14.1. The lowest BCUT2D eigenvalue weighted by molar-refractivity contribution is 0.742. The molecule has 1 aliphatic carbocycles. The Morgan fingerprint density at radius 1 is 1.25 bits per heavy atom. The molecule has 0 saturated carbocycles. The second-order valence-electron chi connectivity index (χ2n) is 3.99. The highest BCUT2D eigenvalue weighted by Crippen LogP contribution is 2.26. The van der Waals surface area contributed by atoms with Gasteiger partial charge in [-0.2, -0.15) is 5.10 Å². The van der Waals surface area contributed by atoms with Crippen molar-refractivity contribution in [2.24, 2.45) is 0 Å². The van der Waals surface area contributed by atoms with E-state index in [1.807, 2.05) is 17.7 Å². The quantitative estimate of drug-likeness (QED) is 0.759. The molecule has 0 aliphatic heterocycles. The van der Waals surface area contributed by atoms with E-state index in [1.54, 1.807) is 6.07 Å². The third-order valence-corrected chi connectivity index (χ3v) is 3.17. The Balaban J connectivity index is 2.13. The van der Waals surface area contributed by atoms with Crippen LogP contribution in [0.4, 0.5) is 0 Å². The second-order valence-corrected chi connectivity index (χ2v) is 4.38. The van der Waals surface area contributed by atoms with Crippen LogP contribution in [-0.4, -0.2) is 20.0 Å². The summed E-state index contributed by atoms with van der Waals surface area (Å²) in [5.74, 6) is 0.746. The van der Waals surface area contributed by atoms with Crippen molar-refractivity contribution in [2.75, 3.05) is 0 Å². The van der Waals surface area contributed by atoms with Crippen molar-refractivity contribution in [3.05, 3.63) is 34.2 Å². The Morgan fingerprint density at radius 3 is 2.88 bits per heavy atom. The van der Waals surface area contributed by atoms with E-state index < -0.39 is 0 Å². The van der Waals surface area contributed by atoms with E-state index in [1.165, 1.54) is 17.7 Å². The first kappa shape index (κ1) is 9.78. The lowest BCUT2D eigenvalue weighted by atomic mass is 10.2. The van der Waals surface area contributed by atoms with Gasteiger partial charge in [-0.15, -0.1) is 10.2 Å². The smallest absolute Gasteiger partial charge is 0.176 e. The van der Waals surface area contributed by atoms with Crippen molar-refractivity contribution < 1.29 is 0 Å². The molecule has 16 heavy (non-hydrogen) atoms. The Hall–Kier alpha value is -1.42. The fraction of sp³-hybridized carbons (Fsp3) is 0.364. The summed E-state index contributed by atoms with van der Waals surface area (Å²) in [6, 6.07) is 3.59. The maximum absolute atomic E-state index is 5.72. The monoisotopic (exact) mass is 234 g/mol. The average Bonchev–Trinajstić information content (AvgIpc) is 2.84. The van der Waals surface area contributed by atoms with Crippen LogP contribution < -0.4 is 0 Å². The zero-order valence-corrected chi connectivity index (χ0v) is 9.70. The number of hydrogen-bond acceptors (Lipinski definition) is 3. The third-order valence-electron chi connectivity index (χ3n) is 2.97. The summed E-state index contributed by atoms with van der Waals surface area (Å²) in [6.45, 7) is 2.05. The lowest BCUT2D eigenvalue weighted by Crippen LogP contribution is -2.04. The maximum Gasteiger partial charge on any atom is 0.176 e. The molecule has 0 atom stereocenters. The highest BCUT2D eigenvalue weighted by molar-refractivity contribution is 6.29. The van der Waals surface area contributed by atoms with Gasteiger partial charge in [0.1, 0.15) is 0 Å². The Bertz CT molecular complexity index is 530. The Labute approximate surface area is 98.3 Å². The molecule has 82 valence electrons. The van der Waals surface area contributed by atoms with Crippen molar-refractivity contribution >= 4 is 11.6 Å². The molecule has 0 radical (unpaired) electrons. The van der Waals surface area contributed by atoms with Gasteiger partial charge in [0.25, 0.3) is 0 Å². The number of aromatic nitrogens is 4. The molecule has 0 spiro atoms. The molecule has 2 heterocycles. The molecule has 0 amide bonds. The first-order chi connectivity index (χ1) is 7.75. The summed E-state index contributed by atoms with van der Waals surface area (Å²) in [7, 11) is 0. The van der Waals surface area contributed by atoms with Crippen LogP contribution >= 0.6 is 11.6 Å². The van der Waals surface area contributed by atoms with E-state index in [0.717, 1.165) is 24.4 Å². The second kappa shape index (κ2) is 3.56. The van der Waals surface area contributed by atoms with Gasteiger partial charge in [0.2, 0.25) is 0 Å². The van der Waals surface area contributed by atoms with Crippen LogP contribution in [0.3, 0.4) is 0 Å². The van der Waals surface area contributed by atoms with Gasteiger partial charge in [0.05, 0.1) is 5.69 Å². The van der Waals surface area contributed by atoms with E-state index >= 15 is 0 Å². The molecule has 4 nitrogen and oxygen atoms in total. The number of hydrogen-bond donors (Lipinski definition) is 0. The molecule has 2 aromatic heterocycles. The van der Waals surface area contributed by atoms with Crippen LogP contribution in [0, 0.1) is 6.92 Å². The molecule has 5 heteroatoms. The molecule has 2 aromatic rings. The van der Waals surface area contributed by atoms with Crippen LogP contribution in [0.2, 0.25) is 5.15 Å². The van der Waals surface area contributed by atoms with Gasteiger partial charge in [-0.25, -0.2) is 4.68 Å². The van der Waals surface area contributed by atoms with Crippen molar-refractivity contribution in [1.82, 2.24) is 20.0 Å². The van der Waals surface area contributed by atoms with Crippen LogP contribution in [0.15, 0.2) is 12.1 Å². The standard InChI is InChI=1S/C11H11ClN4/c1-7-8-3-2-4-9(8)16(15-7)11-6-5-10(12)13-14-11/h5-6H,2-4H2,1H3. The molecule has 1 aliphatic rings. The maximum atomic E-state index is 5.72.